The van der Waals surface area contributed by atoms with E-state index in [0.717, 1.165) is 6.42 Å². The summed E-state index contributed by atoms with van der Waals surface area (Å²) in [5, 5.41) is 29.2. The zero-order valence-electron chi connectivity index (χ0n) is 8.91. The van der Waals surface area contributed by atoms with E-state index in [-0.39, 0.29) is 10.8 Å². The van der Waals surface area contributed by atoms with Crippen LogP contribution in [-0.2, 0) is 0 Å². The second kappa shape index (κ2) is 2.32. The second-order valence-corrected chi connectivity index (χ2v) is 5.52. The Kier molecular flexibility index (Phi) is 1.65. The fourth-order valence-corrected chi connectivity index (χ4v) is 3.51. The van der Waals surface area contributed by atoms with Crippen LogP contribution < -0.4 is 0 Å². The normalized spacial score (nSPS) is 54.6. The molecule has 0 aliphatic heterocycles. The van der Waals surface area contributed by atoms with Crippen LogP contribution in [0.1, 0.15) is 33.6 Å². The molecule has 0 saturated heterocycles. The number of nitrogens with zero attached hydrogens (tertiary/aromatic N) is 1. The Morgan fingerprint density at radius 3 is 2.00 bits per heavy atom. The van der Waals surface area contributed by atoms with Gasteiger partial charge in [-0.05, 0) is 18.3 Å². The van der Waals surface area contributed by atoms with Gasteiger partial charge in [-0.3, -0.25) is 0 Å². The Labute approximate surface area is 84.4 Å². The van der Waals surface area contributed by atoms with Crippen molar-refractivity contribution in [3.63, 3.8) is 0 Å². The summed E-state index contributed by atoms with van der Waals surface area (Å²) >= 11 is 0. The van der Waals surface area contributed by atoms with Gasteiger partial charge in [-0.15, -0.1) is 0 Å². The summed E-state index contributed by atoms with van der Waals surface area (Å²) in [6.45, 7) is 5.96. The van der Waals surface area contributed by atoms with Crippen LogP contribution in [0.2, 0.25) is 0 Å². The first-order valence-corrected chi connectivity index (χ1v) is 5.11. The van der Waals surface area contributed by atoms with Crippen molar-refractivity contribution in [1.82, 2.24) is 0 Å². The van der Waals surface area contributed by atoms with Gasteiger partial charge in [0, 0.05) is 5.41 Å². The molecule has 2 aliphatic carbocycles. The van der Waals surface area contributed by atoms with Crippen molar-refractivity contribution in [3.05, 3.63) is 0 Å². The maximum absolute atomic E-state index is 9.98. The first-order chi connectivity index (χ1) is 6.33. The van der Waals surface area contributed by atoms with Crippen molar-refractivity contribution in [2.45, 2.75) is 45.8 Å². The number of fused-ring (bicyclic) bond motifs is 2. The highest BCUT2D eigenvalue weighted by atomic mass is 16.3. The Bertz CT molecular complexity index is 320. The highest BCUT2D eigenvalue weighted by Gasteiger charge is 2.74. The minimum Gasteiger partial charge on any atom is -0.390 e. The van der Waals surface area contributed by atoms with Gasteiger partial charge in [0.25, 0.3) is 0 Å². The number of aliphatic hydroxyl groups excluding tert-OH is 2. The fraction of sp³-hybridized carbons (Fsp3) is 0.909. The fourth-order valence-electron chi connectivity index (χ4n) is 3.51. The molecule has 0 aromatic rings. The van der Waals surface area contributed by atoms with E-state index in [1.54, 1.807) is 0 Å². The van der Waals surface area contributed by atoms with Crippen LogP contribution in [0.5, 0.6) is 0 Å². The Morgan fingerprint density at radius 2 is 1.71 bits per heavy atom. The first-order valence-electron chi connectivity index (χ1n) is 5.11. The van der Waals surface area contributed by atoms with Gasteiger partial charge < -0.3 is 10.2 Å². The number of aliphatic hydroxyl groups is 2. The second-order valence-electron chi connectivity index (χ2n) is 5.52. The van der Waals surface area contributed by atoms with Crippen LogP contribution in [0.3, 0.4) is 0 Å². The third-order valence-electron chi connectivity index (χ3n) is 5.24. The molecule has 0 aromatic heterocycles. The summed E-state index contributed by atoms with van der Waals surface area (Å²) in [5.74, 6) is 0. The number of rotatable bonds is 0. The van der Waals surface area contributed by atoms with Crippen LogP contribution in [0, 0.1) is 27.6 Å². The zero-order chi connectivity index (χ0) is 10.8. The molecule has 0 amide bonds. The van der Waals surface area contributed by atoms with Crippen LogP contribution in [-0.4, -0.2) is 22.4 Å². The molecule has 0 spiro atoms. The number of hydrogen-bond donors (Lipinski definition) is 2. The third-order valence-corrected chi connectivity index (χ3v) is 5.24. The SMILES string of the molecule is CC1(C)[C@@]2(C)CC[C@@]1(C#N)[C@H](O)[C@@H]2O. The third kappa shape index (κ3) is 0.656. The van der Waals surface area contributed by atoms with Crippen molar-refractivity contribution in [2.24, 2.45) is 16.2 Å². The smallest absolute Gasteiger partial charge is 0.0995 e. The van der Waals surface area contributed by atoms with Crippen molar-refractivity contribution in [1.29, 1.82) is 5.26 Å². The van der Waals surface area contributed by atoms with Crippen molar-refractivity contribution >= 4 is 0 Å². The van der Waals surface area contributed by atoms with Gasteiger partial charge in [0.15, 0.2) is 0 Å². The van der Waals surface area contributed by atoms with Gasteiger partial charge in [0.2, 0.25) is 0 Å². The molecule has 0 unspecified atom stereocenters. The molecule has 14 heavy (non-hydrogen) atoms. The van der Waals surface area contributed by atoms with E-state index in [9.17, 15) is 15.5 Å². The summed E-state index contributed by atoms with van der Waals surface area (Å²) in [6.07, 6.45) is -0.121. The van der Waals surface area contributed by atoms with Gasteiger partial charge in [-0.1, -0.05) is 20.8 Å². The molecule has 0 heterocycles. The maximum Gasteiger partial charge on any atom is 0.0995 e. The van der Waals surface area contributed by atoms with E-state index >= 15 is 0 Å². The standard InChI is InChI=1S/C11H17NO2/c1-9(2)10(3)4-5-11(9,6-12)8(14)7(10)13/h7-8,13-14H,4-5H2,1-3H3/t7-,8+,10-,11+/m0/s1. The number of hydrogen-bond acceptors (Lipinski definition) is 3. The largest absolute Gasteiger partial charge is 0.390 e. The lowest BCUT2D eigenvalue weighted by molar-refractivity contribution is -0.0594. The summed E-state index contributed by atoms with van der Waals surface area (Å²) in [7, 11) is 0. The molecule has 4 atom stereocenters. The molecule has 78 valence electrons. The molecular formula is C11H17NO2. The van der Waals surface area contributed by atoms with E-state index in [1.807, 2.05) is 20.8 Å². The lowest BCUT2D eigenvalue weighted by Gasteiger charge is -2.37. The minimum atomic E-state index is -0.888. The Hall–Kier alpha value is -0.590. The van der Waals surface area contributed by atoms with Crippen LogP contribution >= 0.6 is 0 Å². The quantitative estimate of drug-likeness (QED) is 0.607. The Balaban J connectivity index is 2.61. The van der Waals surface area contributed by atoms with Gasteiger partial charge >= 0.3 is 0 Å². The monoisotopic (exact) mass is 195 g/mol. The van der Waals surface area contributed by atoms with Gasteiger partial charge in [-0.2, -0.15) is 5.26 Å². The molecule has 2 aliphatic rings. The molecular weight excluding hydrogens is 178 g/mol. The average Bonchev–Trinajstić information content (AvgIpc) is 2.39. The van der Waals surface area contributed by atoms with Gasteiger partial charge in [0.05, 0.1) is 23.7 Å². The predicted octanol–water partition coefficient (Wildman–Crippen LogP) is 1.06. The molecule has 0 radical (unpaired) electrons. The van der Waals surface area contributed by atoms with Crippen molar-refractivity contribution < 1.29 is 10.2 Å². The number of nitriles is 1. The van der Waals surface area contributed by atoms with Crippen LogP contribution in [0.15, 0.2) is 0 Å². The topological polar surface area (TPSA) is 64.2 Å². The van der Waals surface area contributed by atoms with E-state index < -0.39 is 17.6 Å². The highest BCUT2D eigenvalue weighted by molar-refractivity contribution is 5.29. The van der Waals surface area contributed by atoms with Crippen molar-refractivity contribution in [2.75, 3.05) is 0 Å². The lowest BCUT2D eigenvalue weighted by atomic mass is 9.65. The minimum absolute atomic E-state index is 0.312. The molecule has 3 heteroatoms. The average molecular weight is 195 g/mol. The lowest BCUT2D eigenvalue weighted by Crippen LogP contribution is -2.41. The van der Waals surface area contributed by atoms with E-state index in [4.69, 9.17) is 0 Å². The highest BCUT2D eigenvalue weighted by Crippen LogP contribution is 2.71. The summed E-state index contributed by atoms with van der Waals surface area (Å²) in [6, 6.07) is 2.25. The van der Waals surface area contributed by atoms with E-state index in [1.165, 1.54) is 0 Å². The van der Waals surface area contributed by atoms with E-state index in [2.05, 4.69) is 6.07 Å². The summed E-state index contributed by atoms with van der Waals surface area (Å²) in [5.41, 5.74) is -1.38. The van der Waals surface area contributed by atoms with Crippen molar-refractivity contribution in [3.8, 4) is 6.07 Å². The molecule has 2 bridgehead atoms. The van der Waals surface area contributed by atoms with Gasteiger partial charge in [0.1, 0.15) is 0 Å². The predicted molar refractivity (Wildman–Crippen MR) is 51.2 cm³/mol. The van der Waals surface area contributed by atoms with Crippen LogP contribution in [0.25, 0.3) is 0 Å². The zero-order valence-corrected chi connectivity index (χ0v) is 8.91. The molecule has 3 nitrogen and oxygen atoms in total. The Morgan fingerprint density at radius 1 is 1.14 bits per heavy atom. The van der Waals surface area contributed by atoms with E-state index in [0.29, 0.717) is 6.42 Å². The molecule has 2 saturated carbocycles. The molecule has 2 N–H and O–H groups in total. The molecule has 0 aromatic carbocycles. The maximum atomic E-state index is 9.98. The summed E-state index contributed by atoms with van der Waals surface area (Å²) in [4.78, 5) is 0. The summed E-state index contributed by atoms with van der Waals surface area (Å²) < 4.78 is 0. The van der Waals surface area contributed by atoms with Gasteiger partial charge in [-0.25, -0.2) is 0 Å². The van der Waals surface area contributed by atoms with Crippen LogP contribution in [0.4, 0.5) is 0 Å². The first kappa shape index (κ1) is 9.95. The molecule has 2 fully saturated rings. The molecule has 2 rings (SSSR count).